The van der Waals surface area contributed by atoms with Gasteiger partial charge in [0.25, 0.3) is 0 Å². The summed E-state index contributed by atoms with van der Waals surface area (Å²) in [4.78, 5) is 0. The molecule has 0 saturated carbocycles. The molecule has 1 heteroatoms. The van der Waals surface area contributed by atoms with Gasteiger partial charge in [-0.15, -0.1) is 0 Å². The smallest absolute Gasteiger partial charge is 0.0968 e. The van der Waals surface area contributed by atoms with Crippen molar-refractivity contribution < 1.29 is 4.74 Å². The first kappa shape index (κ1) is 7.41. The van der Waals surface area contributed by atoms with Crippen molar-refractivity contribution >= 4 is 5.57 Å². The van der Waals surface area contributed by atoms with Crippen LogP contribution in [0.1, 0.15) is 18.9 Å². The monoisotopic (exact) mass is 160 g/mol. The molecule has 0 radical (unpaired) electrons. The standard InChI is InChI=1S/C11H12O/c1-9-11(7-8-12-9)10-5-3-2-4-6-10/h2-6H,7-8H2,1H3. The lowest BCUT2D eigenvalue weighted by Crippen LogP contribution is -1.81. The largest absolute Gasteiger partial charge is 0.498 e. The van der Waals surface area contributed by atoms with Gasteiger partial charge in [0.2, 0.25) is 0 Å². The Morgan fingerprint density at radius 1 is 1.17 bits per heavy atom. The fraction of sp³-hybridized carbons (Fsp3) is 0.273. The van der Waals surface area contributed by atoms with Crippen molar-refractivity contribution in [2.45, 2.75) is 13.3 Å². The molecule has 0 N–H and O–H groups in total. The third-order valence-electron chi connectivity index (χ3n) is 2.22. The highest BCUT2D eigenvalue weighted by molar-refractivity contribution is 5.68. The molecular formula is C11H12O. The van der Waals surface area contributed by atoms with E-state index in [1.165, 1.54) is 11.1 Å². The van der Waals surface area contributed by atoms with Crippen molar-refractivity contribution in [2.75, 3.05) is 6.61 Å². The Kier molecular flexibility index (Phi) is 1.86. The summed E-state index contributed by atoms with van der Waals surface area (Å²) in [6.07, 6.45) is 1.05. The van der Waals surface area contributed by atoms with Crippen LogP contribution in [0.5, 0.6) is 0 Å². The van der Waals surface area contributed by atoms with Crippen LogP contribution in [-0.2, 0) is 4.74 Å². The summed E-state index contributed by atoms with van der Waals surface area (Å²) in [5.74, 6) is 1.08. The van der Waals surface area contributed by atoms with Crippen molar-refractivity contribution in [3.63, 3.8) is 0 Å². The third-order valence-corrected chi connectivity index (χ3v) is 2.22. The molecule has 1 heterocycles. The van der Waals surface area contributed by atoms with Gasteiger partial charge in [-0.25, -0.2) is 0 Å². The van der Waals surface area contributed by atoms with Crippen LogP contribution in [-0.4, -0.2) is 6.61 Å². The van der Waals surface area contributed by atoms with Gasteiger partial charge < -0.3 is 4.74 Å². The average Bonchev–Trinajstić information content (AvgIpc) is 2.53. The molecule has 1 aromatic carbocycles. The molecule has 12 heavy (non-hydrogen) atoms. The molecule has 0 bridgehead atoms. The second-order valence-corrected chi connectivity index (χ2v) is 3.00. The summed E-state index contributed by atoms with van der Waals surface area (Å²) < 4.78 is 5.40. The molecule has 0 unspecified atom stereocenters. The predicted molar refractivity (Wildman–Crippen MR) is 49.6 cm³/mol. The molecule has 0 amide bonds. The summed E-state index contributed by atoms with van der Waals surface area (Å²) in [6, 6.07) is 10.4. The Labute approximate surface area is 72.7 Å². The summed E-state index contributed by atoms with van der Waals surface area (Å²) in [5, 5.41) is 0. The Hall–Kier alpha value is -1.24. The second-order valence-electron chi connectivity index (χ2n) is 3.00. The maximum absolute atomic E-state index is 5.40. The Morgan fingerprint density at radius 3 is 2.50 bits per heavy atom. The Morgan fingerprint density at radius 2 is 1.92 bits per heavy atom. The zero-order valence-corrected chi connectivity index (χ0v) is 7.21. The highest BCUT2D eigenvalue weighted by Crippen LogP contribution is 2.27. The zero-order chi connectivity index (χ0) is 8.39. The van der Waals surface area contributed by atoms with Gasteiger partial charge in [-0.2, -0.15) is 0 Å². The van der Waals surface area contributed by atoms with Crippen molar-refractivity contribution in [1.82, 2.24) is 0 Å². The van der Waals surface area contributed by atoms with Crippen LogP contribution >= 0.6 is 0 Å². The fourth-order valence-corrected chi connectivity index (χ4v) is 1.56. The van der Waals surface area contributed by atoms with Crippen LogP contribution < -0.4 is 0 Å². The number of ether oxygens (including phenoxy) is 1. The molecule has 0 aromatic heterocycles. The maximum Gasteiger partial charge on any atom is 0.0968 e. The van der Waals surface area contributed by atoms with E-state index in [2.05, 4.69) is 24.3 Å². The quantitative estimate of drug-likeness (QED) is 0.613. The molecule has 0 saturated heterocycles. The van der Waals surface area contributed by atoms with E-state index >= 15 is 0 Å². The average molecular weight is 160 g/mol. The molecule has 1 nitrogen and oxygen atoms in total. The third kappa shape index (κ3) is 1.22. The summed E-state index contributed by atoms with van der Waals surface area (Å²) in [5.41, 5.74) is 2.66. The van der Waals surface area contributed by atoms with E-state index in [1.54, 1.807) is 0 Å². The molecular weight excluding hydrogens is 148 g/mol. The molecule has 2 rings (SSSR count). The summed E-state index contributed by atoms with van der Waals surface area (Å²) in [6.45, 7) is 2.88. The number of hydrogen-bond acceptors (Lipinski definition) is 1. The maximum atomic E-state index is 5.40. The molecule has 1 aliphatic rings. The van der Waals surface area contributed by atoms with Crippen molar-refractivity contribution in [1.29, 1.82) is 0 Å². The highest BCUT2D eigenvalue weighted by Gasteiger charge is 2.12. The van der Waals surface area contributed by atoms with Gasteiger partial charge in [0.1, 0.15) is 0 Å². The molecule has 62 valence electrons. The summed E-state index contributed by atoms with van der Waals surface area (Å²) in [7, 11) is 0. The van der Waals surface area contributed by atoms with Gasteiger partial charge in [-0.3, -0.25) is 0 Å². The van der Waals surface area contributed by atoms with Crippen LogP contribution in [0, 0.1) is 0 Å². The van der Waals surface area contributed by atoms with Gasteiger partial charge in [0, 0.05) is 12.0 Å². The van der Waals surface area contributed by atoms with Crippen molar-refractivity contribution in [2.24, 2.45) is 0 Å². The predicted octanol–water partition coefficient (Wildman–Crippen LogP) is 2.84. The number of allylic oxidation sites excluding steroid dienone is 1. The number of benzene rings is 1. The van der Waals surface area contributed by atoms with Crippen LogP contribution in [0.25, 0.3) is 5.57 Å². The fourth-order valence-electron chi connectivity index (χ4n) is 1.56. The second kappa shape index (κ2) is 3.02. The van der Waals surface area contributed by atoms with Crippen LogP contribution in [0.15, 0.2) is 36.1 Å². The van der Waals surface area contributed by atoms with Gasteiger partial charge >= 0.3 is 0 Å². The summed E-state index contributed by atoms with van der Waals surface area (Å²) >= 11 is 0. The number of hydrogen-bond donors (Lipinski definition) is 0. The normalized spacial score (nSPS) is 16.4. The SMILES string of the molecule is CC1=C(c2ccccc2)CCO1. The first-order valence-corrected chi connectivity index (χ1v) is 4.26. The van der Waals surface area contributed by atoms with Crippen molar-refractivity contribution in [3.8, 4) is 0 Å². The van der Waals surface area contributed by atoms with Gasteiger partial charge in [-0.1, -0.05) is 30.3 Å². The van der Waals surface area contributed by atoms with E-state index in [9.17, 15) is 0 Å². The lowest BCUT2D eigenvalue weighted by Gasteiger charge is -2.00. The first-order valence-electron chi connectivity index (χ1n) is 4.26. The van der Waals surface area contributed by atoms with E-state index in [0.29, 0.717) is 0 Å². The van der Waals surface area contributed by atoms with E-state index in [0.717, 1.165) is 18.8 Å². The molecule has 1 aromatic rings. The van der Waals surface area contributed by atoms with Gasteiger partial charge in [0.15, 0.2) is 0 Å². The first-order chi connectivity index (χ1) is 5.88. The van der Waals surface area contributed by atoms with Crippen LogP contribution in [0.3, 0.4) is 0 Å². The van der Waals surface area contributed by atoms with Gasteiger partial charge in [0.05, 0.1) is 12.4 Å². The minimum atomic E-state index is 0.843. The van der Waals surface area contributed by atoms with E-state index in [1.807, 2.05) is 13.0 Å². The van der Waals surface area contributed by atoms with Gasteiger partial charge in [-0.05, 0) is 12.5 Å². The molecule has 0 fully saturated rings. The van der Waals surface area contributed by atoms with Crippen molar-refractivity contribution in [3.05, 3.63) is 41.7 Å². The molecule has 0 spiro atoms. The van der Waals surface area contributed by atoms with E-state index in [4.69, 9.17) is 4.74 Å². The lowest BCUT2D eigenvalue weighted by molar-refractivity contribution is 0.247. The lowest BCUT2D eigenvalue weighted by atomic mass is 10.0. The van der Waals surface area contributed by atoms with Crippen LogP contribution in [0.4, 0.5) is 0 Å². The Balaban J connectivity index is 2.37. The Bertz CT molecular complexity index is 298. The zero-order valence-electron chi connectivity index (χ0n) is 7.21. The van der Waals surface area contributed by atoms with E-state index in [-0.39, 0.29) is 0 Å². The molecule has 1 aliphatic heterocycles. The topological polar surface area (TPSA) is 9.23 Å². The number of rotatable bonds is 1. The minimum absolute atomic E-state index is 0.843. The van der Waals surface area contributed by atoms with E-state index < -0.39 is 0 Å². The molecule has 0 aliphatic carbocycles. The minimum Gasteiger partial charge on any atom is -0.498 e. The molecule has 0 atom stereocenters. The highest BCUT2D eigenvalue weighted by atomic mass is 16.5. The van der Waals surface area contributed by atoms with Crippen LogP contribution in [0.2, 0.25) is 0 Å².